The molecule has 8 heteroatoms. The summed E-state index contributed by atoms with van der Waals surface area (Å²) >= 11 is 1.96. The molecule has 0 aromatic carbocycles. The van der Waals surface area contributed by atoms with Crippen molar-refractivity contribution in [3.05, 3.63) is 16.7 Å². The van der Waals surface area contributed by atoms with Gasteiger partial charge in [0.15, 0.2) is 11.2 Å². The van der Waals surface area contributed by atoms with Crippen LogP contribution >= 0.6 is 30.3 Å². The predicted molar refractivity (Wildman–Crippen MR) is 59.6 cm³/mol. The van der Waals surface area contributed by atoms with Gasteiger partial charge in [0.05, 0.1) is 6.33 Å². The SMILES string of the molecule is Nc1nc2nc[nH]c2c(=O)n1SI. The number of halogens is 1. The summed E-state index contributed by atoms with van der Waals surface area (Å²) in [5, 5.41) is 0. The molecule has 0 saturated heterocycles. The van der Waals surface area contributed by atoms with E-state index in [1.54, 1.807) is 0 Å². The molecule has 68 valence electrons. The van der Waals surface area contributed by atoms with Crippen LogP contribution in [0.1, 0.15) is 0 Å². The molecule has 0 bridgehead atoms. The highest BCUT2D eigenvalue weighted by Gasteiger charge is 2.09. The summed E-state index contributed by atoms with van der Waals surface area (Å²) in [5.74, 6) is 0.156. The first-order valence-electron chi connectivity index (χ1n) is 3.24. The fraction of sp³-hybridized carbons (Fsp3) is 0. The molecule has 0 atom stereocenters. The lowest BCUT2D eigenvalue weighted by molar-refractivity contribution is 1.11. The van der Waals surface area contributed by atoms with Crippen LogP contribution in [0, 0.1) is 0 Å². The maximum Gasteiger partial charge on any atom is 0.291 e. The normalized spacial score (nSPS) is 10.8. The van der Waals surface area contributed by atoms with E-state index in [9.17, 15) is 4.79 Å². The van der Waals surface area contributed by atoms with Gasteiger partial charge in [-0.15, -0.1) is 0 Å². The van der Waals surface area contributed by atoms with Gasteiger partial charge >= 0.3 is 0 Å². The monoisotopic (exact) mass is 309 g/mol. The van der Waals surface area contributed by atoms with Gasteiger partial charge in [0.2, 0.25) is 5.95 Å². The van der Waals surface area contributed by atoms with E-state index in [1.807, 2.05) is 21.2 Å². The van der Waals surface area contributed by atoms with Crippen LogP contribution in [0.5, 0.6) is 0 Å². The number of hydrogen-bond acceptors (Lipinski definition) is 5. The Morgan fingerprint density at radius 3 is 3.15 bits per heavy atom. The number of aromatic nitrogens is 4. The van der Waals surface area contributed by atoms with Gasteiger partial charge in [-0.25, -0.2) is 8.96 Å². The molecule has 0 fully saturated rings. The van der Waals surface area contributed by atoms with Crippen LogP contribution in [0.3, 0.4) is 0 Å². The van der Waals surface area contributed by atoms with E-state index in [-0.39, 0.29) is 11.5 Å². The second-order valence-electron chi connectivity index (χ2n) is 2.24. The summed E-state index contributed by atoms with van der Waals surface area (Å²) in [6, 6.07) is 0. The quantitative estimate of drug-likeness (QED) is 0.751. The summed E-state index contributed by atoms with van der Waals surface area (Å²) in [5.41, 5.74) is 6.03. The number of anilines is 1. The fourth-order valence-electron chi connectivity index (χ4n) is 0.955. The Kier molecular flexibility index (Phi) is 2.15. The molecule has 6 nitrogen and oxygen atoms in total. The topological polar surface area (TPSA) is 89.6 Å². The molecule has 0 saturated carbocycles. The smallest absolute Gasteiger partial charge is 0.291 e. The van der Waals surface area contributed by atoms with Crippen molar-refractivity contribution in [3.63, 3.8) is 0 Å². The maximum absolute atomic E-state index is 11.6. The number of nitrogen functional groups attached to an aromatic ring is 1. The van der Waals surface area contributed by atoms with Crippen molar-refractivity contribution in [1.29, 1.82) is 0 Å². The standard InChI is InChI=1S/C5H4IN5OS/c6-13-11-4(12)2-3(9-1-8-2)10-5(11)7/h1H,(H2,7,10)(H,8,9). The average Bonchev–Trinajstić information content (AvgIpc) is 2.53. The number of H-pyrrole nitrogens is 1. The van der Waals surface area contributed by atoms with Crippen molar-refractivity contribution in [3.8, 4) is 0 Å². The lowest BCUT2D eigenvalue weighted by Crippen LogP contribution is -2.19. The van der Waals surface area contributed by atoms with Crippen molar-refractivity contribution in [2.75, 3.05) is 5.73 Å². The third-order valence-electron chi connectivity index (χ3n) is 1.52. The Hall–Kier alpha value is -0.770. The van der Waals surface area contributed by atoms with Gasteiger partial charge in [-0.05, 0) is 0 Å². The Labute approximate surface area is 88.7 Å². The number of nitrogens with one attached hydrogen (secondary N) is 1. The highest BCUT2D eigenvalue weighted by Crippen LogP contribution is 2.16. The van der Waals surface area contributed by atoms with Gasteiger partial charge < -0.3 is 10.7 Å². The highest BCUT2D eigenvalue weighted by molar-refractivity contribution is 14.2. The molecule has 13 heavy (non-hydrogen) atoms. The Morgan fingerprint density at radius 2 is 2.46 bits per heavy atom. The average molecular weight is 309 g/mol. The van der Waals surface area contributed by atoms with Gasteiger partial charge in [0, 0.05) is 30.3 Å². The zero-order chi connectivity index (χ0) is 9.42. The molecular formula is C5H4IN5OS. The van der Waals surface area contributed by atoms with Crippen molar-refractivity contribution in [2.24, 2.45) is 0 Å². The molecule has 0 unspecified atom stereocenters. The first kappa shape index (κ1) is 8.81. The number of nitrogens with two attached hydrogens (primary N) is 1. The predicted octanol–water partition coefficient (Wildman–Crippen LogP) is 0.548. The van der Waals surface area contributed by atoms with Crippen molar-refractivity contribution >= 4 is 47.4 Å². The number of fused-ring (bicyclic) bond motifs is 1. The van der Waals surface area contributed by atoms with E-state index in [1.165, 1.54) is 19.4 Å². The van der Waals surface area contributed by atoms with Crippen molar-refractivity contribution in [2.45, 2.75) is 0 Å². The van der Waals surface area contributed by atoms with E-state index in [0.29, 0.717) is 11.2 Å². The minimum absolute atomic E-state index is 0.156. The summed E-state index contributed by atoms with van der Waals surface area (Å²) in [4.78, 5) is 22.1. The number of aromatic amines is 1. The minimum Gasteiger partial charge on any atom is -0.368 e. The first-order valence-corrected chi connectivity index (χ1v) is 6.56. The number of imidazole rings is 1. The number of rotatable bonds is 1. The van der Waals surface area contributed by atoms with Gasteiger partial charge in [0.1, 0.15) is 0 Å². The minimum atomic E-state index is -0.223. The Balaban J connectivity index is 2.93. The van der Waals surface area contributed by atoms with Gasteiger partial charge in [-0.3, -0.25) is 4.79 Å². The Bertz CT molecular complexity index is 505. The van der Waals surface area contributed by atoms with Crippen LogP contribution in [0.25, 0.3) is 11.2 Å². The molecule has 2 heterocycles. The second-order valence-corrected chi connectivity index (χ2v) is 3.92. The van der Waals surface area contributed by atoms with Crippen molar-refractivity contribution < 1.29 is 0 Å². The van der Waals surface area contributed by atoms with Crippen LogP contribution in [0.4, 0.5) is 5.95 Å². The van der Waals surface area contributed by atoms with E-state index < -0.39 is 0 Å². The summed E-state index contributed by atoms with van der Waals surface area (Å²) < 4.78 is 1.29. The van der Waals surface area contributed by atoms with E-state index in [4.69, 9.17) is 5.73 Å². The van der Waals surface area contributed by atoms with E-state index >= 15 is 0 Å². The largest absolute Gasteiger partial charge is 0.368 e. The fourth-order valence-corrected chi connectivity index (χ4v) is 2.36. The molecule has 0 amide bonds. The van der Waals surface area contributed by atoms with Gasteiger partial charge in [-0.2, -0.15) is 4.98 Å². The molecule has 0 aliphatic rings. The molecule has 2 rings (SSSR count). The number of hydrogen-bond donors (Lipinski definition) is 2. The molecule has 3 N–H and O–H groups in total. The molecule has 0 spiro atoms. The maximum atomic E-state index is 11.6. The molecule has 0 radical (unpaired) electrons. The van der Waals surface area contributed by atoms with Crippen LogP contribution in [0.2, 0.25) is 0 Å². The van der Waals surface area contributed by atoms with Crippen LogP contribution in [-0.4, -0.2) is 18.9 Å². The van der Waals surface area contributed by atoms with E-state index in [0.717, 1.165) is 0 Å². The molecule has 0 aliphatic carbocycles. The molecular weight excluding hydrogens is 305 g/mol. The van der Waals surface area contributed by atoms with Gasteiger partial charge in [-0.1, -0.05) is 0 Å². The summed E-state index contributed by atoms with van der Waals surface area (Å²) in [6.45, 7) is 0. The third-order valence-corrected chi connectivity index (χ3v) is 3.19. The highest BCUT2D eigenvalue weighted by atomic mass is 127. The lowest BCUT2D eigenvalue weighted by atomic mass is 10.5. The van der Waals surface area contributed by atoms with Crippen LogP contribution < -0.4 is 11.3 Å². The van der Waals surface area contributed by atoms with Gasteiger partial charge in [0.25, 0.3) is 5.56 Å². The third kappa shape index (κ3) is 1.29. The molecule has 2 aromatic heterocycles. The molecule has 2 aromatic rings. The first-order chi connectivity index (χ1) is 6.24. The number of nitrogens with zero attached hydrogens (tertiary/aromatic N) is 3. The van der Waals surface area contributed by atoms with E-state index in [2.05, 4.69) is 15.0 Å². The van der Waals surface area contributed by atoms with Crippen LogP contribution in [0.15, 0.2) is 11.1 Å². The Morgan fingerprint density at radius 1 is 1.69 bits per heavy atom. The summed E-state index contributed by atoms with van der Waals surface area (Å²) in [6.07, 6.45) is 1.42. The summed E-state index contributed by atoms with van der Waals surface area (Å²) in [7, 11) is 1.18. The zero-order valence-corrected chi connectivity index (χ0v) is 9.16. The van der Waals surface area contributed by atoms with Crippen LogP contribution in [-0.2, 0) is 0 Å². The molecule has 0 aliphatic heterocycles. The second kappa shape index (κ2) is 3.18. The lowest BCUT2D eigenvalue weighted by Gasteiger charge is -2.01. The zero-order valence-electron chi connectivity index (χ0n) is 6.19. The van der Waals surface area contributed by atoms with Crippen molar-refractivity contribution in [1.82, 2.24) is 18.9 Å².